The summed E-state index contributed by atoms with van der Waals surface area (Å²) in [7, 11) is -3.26. The predicted octanol–water partition coefficient (Wildman–Crippen LogP) is 4.33. The molecule has 2 N–H and O–H groups in total. The van der Waals surface area contributed by atoms with Gasteiger partial charge in [0, 0.05) is 11.8 Å². The molecule has 2 rings (SSSR count). The van der Waals surface area contributed by atoms with Crippen LogP contribution in [0.1, 0.15) is 0 Å². The van der Waals surface area contributed by atoms with Crippen LogP contribution in [0.25, 0.3) is 0 Å². The molecule has 1 atom stereocenters. The van der Waals surface area contributed by atoms with Gasteiger partial charge < -0.3 is 10.1 Å². The Morgan fingerprint density at radius 3 is 1.73 bits per heavy atom. The molecule has 1 unspecified atom stereocenters. The van der Waals surface area contributed by atoms with Crippen LogP contribution in [0.3, 0.4) is 0 Å². The Balaban J connectivity index is 2.35. The first kappa shape index (κ1) is 29.8. The Hall–Kier alpha value is -3.45. The maximum absolute atomic E-state index is 14.4. The second-order valence-corrected chi connectivity index (χ2v) is 8.53. The van der Waals surface area contributed by atoms with Gasteiger partial charge in [-0.3, -0.25) is 9.52 Å². The summed E-state index contributed by atoms with van der Waals surface area (Å²) < 4.78 is 175. The minimum atomic E-state index is -7.66. The van der Waals surface area contributed by atoms with E-state index in [2.05, 4.69) is 10.2 Å². The summed E-state index contributed by atoms with van der Waals surface area (Å²) in [5.41, 5.74) is -8.15. The average molecular weight is 576 g/mol. The number of carbonyl (C=O) groups is 1. The lowest BCUT2D eigenvalue weighted by Gasteiger charge is -2.38. The summed E-state index contributed by atoms with van der Waals surface area (Å²) in [5, 5.41) is 7.70. The summed E-state index contributed by atoms with van der Waals surface area (Å²) in [6, 6.07) is 4.18. The third kappa shape index (κ3) is 5.32. The van der Waals surface area contributed by atoms with Gasteiger partial charge in [-0.05, 0) is 30.3 Å². The Kier molecular flexibility index (Phi) is 7.61. The highest BCUT2D eigenvalue weighted by Gasteiger charge is 2.89. The lowest BCUT2D eigenvalue weighted by molar-refractivity contribution is -0.401. The van der Waals surface area contributed by atoms with Crippen molar-refractivity contribution in [3.05, 3.63) is 36.4 Å². The van der Waals surface area contributed by atoms with Crippen molar-refractivity contribution in [3.63, 3.8) is 0 Å². The van der Waals surface area contributed by atoms with Crippen LogP contribution in [0, 0.1) is 0 Å². The molecule has 37 heavy (non-hydrogen) atoms. The first-order chi connectivity index (χ1) is 16.6. The normalized spacial score (nSPS) is 15.0. The highest BCUT2D eigenvalue weighted by Crippen LogP contribution is 2.57. The van der Waals surface area contributed by atoms with E-state index < -0.39 is 56.4 Å². The van der Waals surface area contributed by atoms with Crippen molar-refractivity contribution < 1.29 is 66.2 Å². The number of ether oxygens (including phenoxy) is 1. The zero-order valence-corrected chi connectivity index (χ0v) is 18.4. The van der Waals surface area contributed by atoms with Gasteiger partial charge in [0.2, 0.25) is 5.88 Å². The van der Waals surface area contributed by atoms with E-state index in [0.717, 1.165) is 11.4 Å². The molecule has 0 radical (unpaired) electrons. The van der Waals surface area contributed by atoms with Crippen LogP contribution in [0.4, 0.5) is 59.8 Å². The minimum absolute atomic E-state index is 0.00408. The fourth-order valence-corrected chi connectivity index (χ4v) is 3.45. The third-order valence-electron chi connectivity index (χ3n) is 4.40. The molecule has 8 nitrogen and oxygen atoms in total. The number of alkyl halides is 11. The smallest absolute Gasteiger partial charge is 0.460 e. The second kappa shape index (κ2) is 9.45. The van der Waals surface area contributed by atoms with Gasteiger partial charge in [0.05, 0.1) is 12.0 Å². The van der Waals surface area contributed by atoms with Gasteiger partial charge in [-0.2, -0.15) is 43.9 Å². The SMILES string of the molecule is COc1ccc(NS(=O)(=O)c2ccc(NC(=O)C(F)(C(F)(F)F)C(F)(F)C(F)(F)C(F)(F)F)cc2)nn1. The van der Waals surface area contributed by atoms with Crippen molar-refractivity contribution in [1.29, 1.82) is 0 Å². The van der Waals surface area contributed by atoms with E-state index >= 15 is 0 Å². The molecule has 1 heterocycles. The number of sulfonamides is 1. The molecule has 0 bridgehead atoms. The van der Waals surface area contributed by atoms with Gasteiger partial charge in [0.15, 0.2) is 5.82 Å². The van der Waals surface area contributed by atoms with Crippen LogP contribution in [0.5, 0.6) is 5.88 Å². The number of hydrogen-bond donors (Lipinski definition) is 2. The zero-order valence-electron chi connectivity index (χ0n) is 17.6. The minimum Gasteiger partial charge on any atom is -0.480 e. The van der Waals surface area contributed by atoms with Gasteiger partial charge in [-0.1, -0.05) is 0 Å². The first-order valence-corrected chi connectivity index (χ1v) is 10.5. The van der Waals surface area contributed by atoms with Gasteiger partial charge in [-0.15, -0.1) is 10.2 Å². The summed E-state index contributed by atoms with van der Waals surface area (Å²) in [5.74, 6) is -19.3. The number of aromatic nitrogens is 2. The van der Waals surface area contributed by atoms with Crippen LogP contribution < -0.4 is 14.8 Å². The van der Waals surface area contributed by atoms with Crippen molar-refractivity contribution in [2.45, 2.75) is 34.8 Å². The van der Waals surface area contributed by atoms with Crippen molar-refractivity contribution in [1.82, 2.24) is 10.2 Å². The molecule has 0 aliphatic heterocycles. The fraction of sp³-hybridized carbons (Fsp3) is 0.353. The summed E-state index contributed by atoms with van der Waals surface area (Å²) in [6.07, 6.45) is -14.6. The maximum atomic E-state index is 14.4. The molecule has 206 valence electrons. The van der Waals surface area contributed by atoms with Crippen molar-refractivity contribution in [2.24, 2.45) is 0 Å². The largest absolute Gasteiger partial charge is 0.480 e. The monoisotopic (exact) mass is 576 g/mol. The third-order valence-corrected chi connectivity index (χ3v) is 5.77. The van der Waals surface area contributed by atoms with Gasteiger partial charge in [0.1, 0.15) is 0 Å². The Morgan fingerprint density at radius 2 is 1.32 bits per heavy atom. The van der Waals surface area contributed by atoms with Gasteiger partial charge >= 0.3 is 29.9 Å². The Morgan fingerprint density at radius 1 is 0.784 bits per heavy atom. The van der Waals surface area contributed by atoms with Gasteiger partial charge in [0.25, 0.3) is 15.9 Å². The Bertz CT molecular complexity index is 1230. The van der Waals surface area contributed by atoms with E-state index in [9.17, 15) is 61.5 Å². The van der Waals surface area contributed by atoms with E-state index in [1.165, 1.54) is 13.2 Å². The number of hydrogen-bond acceptors (Lipinski definition) is 6. The summed E-state index contributed by atoms with van der Waals surface area (Å²) in [6.45, 7) is 0. The summed E-state index contributed by atoms with van der Waals surface area (Å²) >= 11 is 0. The second-order valence-electron chi connectivity index (χ2n) is 6.85. The lowest BCUT2D eigenvalue weighted by Crippen LogP contribution is -2.71. The molecule has 1 aromatic carbocycles. The van der Waals surface area contributed by atoms with Crippen LogP contribution in [0.15, 0.2) is 41.3 Å². The zero-order chi connectivity index (χ0) is 28.7. The highest BCUT2D eigenvalue weighted by atomic mass is 32.2. The molecule has 0 saturated heterocycles. The molecule has 20 heteroatoms. The van der Waals surface area contributed by atoms with E-state index in [1.807, 2.05) is 4.72 Å². The van der Waals surface area contributed by atoms with E-state index in [0.29, 0.717) is 24.3 Å². The molecule has 0 fully saturated rings. The molecule has 0 spiro atoms. The number of anilines is 2. The van der Waals surface area contributed by atoms with E-state index in [4.69, 9.17) is 4.74 Å². The molecule has 1 aromatic heterocycles. The quantitative estimate of drug-likeness (QED) is 0.453. The first-order valence-electron chi connectivity index (χ1n) is 9.02. The van der Waals surface area contributed by atoms with E-state index in [-0.39, 0.29) is 11.7 Å². The molecule has 2 aromatic rings. The van der Waals surface area contributed by atoms with Crippen molar-refractivity contribution >= 4 is 27.4 Å². The predicted molar refractivity (Wildman–Crippen MR) is 100 cm³/mol. The number of methoxy groups -OCH3 is 1. The molecule has 0 aliphatic rings. The number of amides is 1. The Labute approximate surface area is 198 Å². The van der Waals surface area contributed by atoms with E-state index in [1.54, 1.807) is 0 Å². The van der Waals surface area contributed by atoms with Gasteiger partial charge in [-0.25, -0.2) is 12.8 Å². The summed E-state index contributed by atoms with van der Waals surface area (Å²) in [4.78, 5) is 11.0. The molecule has 0 aliphatic carbocycles. The van der Waals surface area contributed by atoms with Crippen LogP contribution >= 0.6 is 0 Å². The van der Waals surface area contributed by atoms with Crippen LogP contribution in [0.2, 0.25) is 0 Å². The standard InChI is InChI=1S/C17H11F11N4O4S/c1-36-11-7-6-10(30-31-11)32-37(34,35)9-4-2-8(3-5-9)29-12(33)13(18,16(23,24)25)14(19,20)15(21,22)17(26,27)28/h2-7H,1H3,(H,29,33)(H,30,32). The molecule has 0 saturated carbocycles. The maximum Gasteiger partial charge on any atom is 0.460 e. The number of rotatable bonds is 8. The van der Waals surface area contributed by atoms with Crippen LogP contribution in [-0.4, -0.2) is 61.5 Å². The number of carbonyl (C=O) groups excluding carboxylic acids is 1. The topological polar surface area (TPSA) is 110 Å². The van der Waals surface area contributed by atoms with Crippen molar-refractivity contribution in [3.8, 4) is 5.88 Å². The lowest BCUT2D eigenvalue weighted by atomic mass is 9.90. The number of halogens is 11. The highest BCUT2D eigenvalue weighted by molar-refractivity contribution is 7.92. The van der Waals surface area contributed by atoms with Crippen LogP contribution in [-0.2, 0) is 14.8 Å². The number of benzene rings is 1. The number of nitrogens with zero attached hydrogens (tertiary/aromatic N) is 2. The fourth-order valence-electron chi connectivity index (χ4n) is 2.46. The molecular formula is C17H11F11N4O4S. The van der Waals surface area contributed by atoms with Crippen molar-refractivity contribution in [2.75, 3.05) is 17.1 Å². The average Bonchev–Trinajstić information content (AvgIpc) is 2.77. The molecule has 1 amide bonds. The molecular weight excluding hydrogens is 565 g/mol. The number of nitrogens with one attached hydrogen (secondary N) is 2.